The number of hydrogen-bond acceptors (Lipinski definition) is 9. The molecule has 1 N–H and O–H groups in total. The molecule has 6 heterocycles. The first kappa shape index (κ1) is 33.6. The number of fused-ring (bicyclic) bond motifs is 4. The molecule has 260 valence electrons. The van der Waals surface area contributed by atoms with Crippen molar-refractivity contribution in [3.63, 3.8) is 0 Å². The normalized spacial score (nSPS) is 16.5. The van der Waals surface area contributed by atoms with Crippen molar-refractivity contribution < 1.29 is 22.7 Å². The zero-order valence-corrected chi connectivity index (χ0v) is 27.8. The van der Waals surface area contributed by atoms with E-state index in [1.165, 1.54) is 42.3 Å². The highest BCUT2D eigenvalue weighted by molar-refractivity contribution is 6.31. The van der Waals surface area contributed by atoms with Crippen LogP contribution in [0.25, 0.3) is 33.9 Å². The highest BCUT2D eigenvalue weighted by Crippen LogP contribution is 2.35. The summed E-state index contributed by atoms with van der Waals surface area (Å²) in [4.78, 5) is 40.6. The summed E-state index contributed by atoms with van der Waals surface area (Å²) in [6.07, 6.45) is 3.88. The van der Waals surface area contributed by atoms with Crippen LogP contribution >= 0.6 is 11.6 Å². The Balaban J connectivity index is 1.30. The Kier molecular flexibility index (Phi) is 8.85. The minimum atomic E-state index is -4.70. The van der Waals surface area contributed by atoms with Crippen molar-refractivity contribution in [3.8, 4) is 39.8 Å². The first-order valence-corrected chi connectivity index (χ1v) is 16.1. The van der Waals surface area contributed by atoms with Gasteiger partial charge in [-0.05, 0) is 55.3 Å². The topological polar surface area (TPSA) is 148 Å². The van der Waals surface area contributed by atoms with Crippen LogP contribution in [-0.4, -0.2) is 57.3 Å². The van der Waals surface area contributed by atoms with Crippen LogP contribution in [0.3, 0.4) is 0 Å². The van der Waals surface area contributed by atoms with E-state index in [0.717, 1.165) is 10.9 Å². The summed E-state index contributed by atoms with van der Waals surface area (Å²) in [6, 6.07) is 12.3. The summed E-state index contributed by atoms with van der Waals surface area (Å²) in [5.41, 5.74) is 1.74. The highest BCUT2D eigenvalue weighted by atomic mass is 35.5. The Labute approximate surface area is 292 Å². The Bertz CT molecular complexity index is 2320. The van der Waals surface area contributed by atoms with Gasteiger partial charge in [0, 0.05) is 40.5 Å². The maximum absolute atomic E-state index is 13.9. The Morgan fingerprint density at radius 1 is 0.961 bits per heavy atom. The molecule has 5 aromatic heterocycles. The molecule has 0 radical (unpaired) electrons. The Morgan fingerprint density at radius 2 is 1.80 bits per heavy atom. The molecule has 1 aromatic carbocycles. The van der Waals surface area contributed by atoms with E-state index in [2.05, 4.69) is 30.6 Å². The van der Waals surface area contributed by atoms with E-state index in [1.807, 2.05) is 13.0 Å². The predicted octanol–water partition coefficient (Wildman–Crippen LogP) is 6.16. The molecule has 7 rings (SSSR count). The lowest BCUT2D eigenvalue weighted by Crippen LogP contribution is -2.27. The van der Waals surface area contributed by atoms with Crippen molar-refractivity contribution in [3.05, 3.63) is 106 Å². The number of alkyl halides is 3. The SMILES string of the molecule is COc1ncccc1-n1cc2c(n1)-c1ccnc(c1)C(n1cnc(-c3cc(Cl)ccc3-n3cc(C(F)(F)F)nn3)cc1=O)CCCC(C)C(=O)N2. The second-order valence-electron chi connectivity index (χ2n) is 11.9. The molecule has 1 aliphatic heterocycles. The first-order valence-electron chi connectivity index (χ1n) is 15.7. The number of methoxy groups -OCH3 is 1. The summed E-state index contributed by atoms with van der Waals surface area (Å²) in [7, 11) is 1.51. The molecule has 2 unspecified atom stereocenters. The van der Waals surface area contributed by atoms with Crippen molar-refractivity contribution in [2.24, 2.45) is 5.92 Å². The highest BCUT2D eigenvalue weighted by Gasteiger charge is 2.35. The van der Waals surface area contributed by atoms with Gasteiger partial charge in [-0.15, -0.1) is 5.10 Å². The van der Waals surface area contributed by atoms with E-state index >= 15 is 0 Å². The third kappa shape index (κ3) is 6.69. The molecule has 0 saturated heterocycles. The number of aromatic nitrogens is 9. The van der Waals surface area contributed by atoms with Crippen LogP contribution in [0.1, 0.15) is 43.6 Å². The molecule has 0 saturated carbocycles. The number of carbonyl (C=O) groups is 1. The van der Waals surface area contributed by atoms with E-state index in [0.29, 0.717) is 53.5 Å². The fourth-order valence-electron chi connectivity index (χ4n) is 5.94. The van der Waals surface area contributed by atoms with E-state index in [9.17, 15) is 22.8 Å². The molecule has 2 atom stereocenters. The van der Waals surface area contributed by atoms with Crippen LogP contribution in [0.2, 0.25) is 5.02 Å². The van der Waals surface area contributed by atoms with Gasteiger partial charge in [0.05, 0.1) is 54.6 Å². The summed E-state index contributed by atoms with van der Waals surface area (Å²) in [6.45, 7) is 1.83. The van der Waals surface area contributed by atoms with E-state index in [4.69, 9.17) is 21.4 Å². The molecule has 17 heteroatoms. The molecule has 1 aliphatic rings. The van der Waals surface area contributed by atoms with Gasteiger partial charge in [-0.3, -0.25) is 19.1 Å². The quantitative estimate of drug-likeness (QED) is 0.221. The maximum atomic E-state index is 13.9. The van der Waals surface area contributed by atoms with Crippen molar-refractivity contribution in [1.29, 1.82) is 0 Å². The van der Waals surface area contributed by atoms with Gasteiger partial charge >= 0.3 is 6.18 Å². The number of nitrogens with one attached hydrogen (secondary N) is 1. The molecule has 0 fully saturated rings. The molecular weight excluding hydrogens is 689 g/mol. The van der Waals surface area contributed by atoms with Gasteiger partial charge in [-0.25, -0.2) is 19.3 Å². The average Bonchev–Trinajstić information content (AvgIpc) is 3.78. The largest absolute Gasteiger partial charge is 0.479 e. The van der Waals surface area contributed by atoms with Gasteiger partial charge < -0.3 is 10.1 Å². The summed E-state index contributed by atoms with van der Waals surface area (Å²) in [5, 5.41) is 15.0. The van der Waals surface area contributed by atoms with Gasteiger partial charge in [-0.2, -0.15) is 18.3 Å². The minimum Gasteiger partial charge on any atom is -0.479 e. The fourth-order valence-corrected chi connectivity index (χ4v) is 6.12. The monoisotopic (exact) mass is 716 g/mol. The van der Waals surface area contributed by atoms with Gasteiger partial charge in [0.2, 0.25) is 11.8 Å². The van der Waals surface area contributed by atoms with Gasteiger partial charge in [0.1, 0.15) is 11.4 Å². The zero-order valence-electron chi connectivity index (χ0n) is 27.0. The smallest absolute Gasteiger partial charge is 0.436 e. The summed E-state index contributed by atoms with van der Waals surface area (Å²) in [5.74, 6) is -0.206. The molecule has 0 spiro atoms. The number of halogens is 4. The van der Waals surface area contributed by atoms with Crippen LogP contribution in [-0.2, 0) is 11.0 Å². The van der Waals surface area contributed by atoms with Crippen LogP contribution < -0.4 is 15.6 Å². The maximum Gasteiger partial charge on any atom is 0.436 e. The number of hydrogen-bond donors (Lipinski definition) is 1. The number of anilines is 1. The summed E-state index contributed by atoms with van der Waals surface area (Å²) >= 11 is 6.27. The van der Waals surface area contributed by atoms with Crippen molar-refractivity contribution in [1.82, 2.24) is 44.3 Å². The summed E-state index contributed by atoms with van der Waals surface area (Å²) < 4.78 is 49.3. The minimum absolute atomic E-state index is 0.166. The molecular formula is C34H28ClF3N10O3. The van der Waals surface area contributed by atoms with Crippen molar-refractivity contribution >= 4 is 23.2 Å². The molecule has 13 nitrogen and oxygen atoms in total. The lowest BCUT2D eigenvalue weighted by molar-refractivity contribution is -0.141. The molecule has 2 bridgehead atoms. The third-order valence-electron chi connectivity index (χ3n) is 8.56. The average molecular weight is 717 g/mol. The zero-order chi connectivity index (χ0) is 35.9. The molecule has 1 amide bonds. The van der Waals surface area contributed by atoms with Gasteiger partial charge in [0.15, 0.2) is 5.69 Å². The predicted molar refractivity (Wildman–Crippen MR) is 180 cm³/mol. The lowest BCUT2D eigenvalue weighted by Gasteiger charge is -2.22. The third-order valence-corrected chi connectivity index (χ3v) is 8.79. The lowest BCUT2D eigenvalue weighted by atomic mass is 9.97. The van der Waals surface area contributed by atoms with Gasteiger partial charge in [0.25, 0.3) is 5.56 Å². The van der Waals surface area contributed by atoms with Crippen LogP contribution in [0.4, 0.5) is 18.9 Å². The van der Waals surface area contributed by atoms with E-state index in [-0.39, 0.29) is 33.8 Å². The molecule has 6 aromatic rings. The number of rotatable bonds is 5. The number of pyridine rings is 2. The number of nitrogens with zero attached hydrogens (tertiary/aromatic N) is 9. The van der Waals surface area contributed by atoms with E-state index < -0.39 is 23.5 Å². The fraction of sp³-hybridized carbons (Fsp3) is 0.235. The van der Waals surface area contributed by atoms with Crippen LogP contribution in [0.5, 0.6) is 5.88 Å². The molecule has 0 aliphatic carbocycles. The second kappa shape index (κ2) is 13.4. The Morgan fingerprint density at radius 3 is 2.57 bits per heavy atom. The second-order valence-corrected chi connectivity index (χ2v) is 12.3. The van der Waals surface area contributed by atoms with Gasteiger partial charge in [-0.1, -0.05) is 30.2 Å². The number of amides is 1. The number of benzene rings is 1. The first-order chi connectivity index (χ1) is 24.5. The molecule has 51 heavy (non-hydrogen) atoms. The van der Waals surface area contributed by atoms with E-state index in [1.54, 1.807) is 41.5 Å². The standard InChI is InChI=1S/C34H28ClF3N10O3/c1-19-5-3-6-27(24-13-20(10-12-39-24)31-25(42-32(19)50)16-47(44-31)28-7-4-11-40-33(28)51-2)46-18-41-23(15-30(46)49)22-14-21(35)8-9-26(22)48-17-29(43-45-48)34(36,37)38/h4,7-19,27H,3,5-6H2,1-2H3,(H,42,50). The Hall–Kier alpha value is -5.90. The number of ether oxygens (including phenoxy) is 1. The van der Waals surface area contributed by atoms with Crippen LogP contribution in [0, 0.1) is 5.92 Å². The van der Waals surface area contributed by atoms with Crippen molar-refractivity contribution in [2.75, 3.05) is 12.4 Å². The van der Waals surface area contributed by atoms with Crippen molar-refractivity contribution in [2.45, 2.75) is 38.4 Å². The number of carbonyl (C=O) groups excluding carboxylic acids is 1. The van der Waals surface area contributed by atoms with Crippen LogP contribution in [0.15, 0.2) is 84.4 Å².